The Kier molecular flexibility index (Phi) is 4.71. The molecule has 5 heteroatoms. The third-order valence-corrected chi connectivity index (χ3v) is 5.11. The topological polar surface area (TPSA) is 49.6 Å². The van der Waals surface area contributed by atoms with Crippen LogP contribution in [0.15, 0.2) is 24.3 Å². The van der Waals surface area contributed by atoms with Gasteiger partial charge in [0, 0.05) is 37.7 Å². The minimum atomic E-state index is -0.588. The standard InChI is InChI=1S/C17H24ClN3O/c18-15-5-3-4-14(12-15)13-20-8-10-21(11-9-20)16(22)17(19)6-1-2-7-17/h3-5,12H,1-2,6-11,13,19H2. The molecule has 1 saturated heterocycles. The summed E-state index contributed by atoms with van der Waals surface area (Å²) >= 11 is 6.03. The van der Waals surface area contributed by atoms with E-state index >= 15 is 0 Å². The largest absolute Gasteiger partial charge is 0.339 e. The fourth-order valence-electron chi connectivity index (χ4n) is 3.54. The number of halogens is 1. The molecule has 0 spiro atoms. The fourth-order valence-corrected chi connectivity index (χ4v) is 3.75. The van der Waals surface area contributed by atoms with Crippen LogP contribution in [0.25, 0.3) is 0 Å². The lowest BCUT2D eigenvalue weighted by Crippen LogP contribution is -2.58. The molecule has 1 amide bonds. The Bertz CT molecular complexity index is 534. The fraction of sp³-hybridized carbons (Fsp3) is 0.588. The number of amides is 1. The molecule has 1 aliphatic heterocycles. The molecule has 3 rings (SSSR count). The maximum Gasteiger partial charge on any atom is 0.242 e. The van der Waals surface area contributed by atoms with E-state index in [-0.39, 0.29) is 5.91 Å². The minimum absolute atomic E-state index is 0.160. The number of nitrogens with two attached hydrogens (primary N) is 1. The van der Waals surface area contributed by atoms with Crippen molar-refractivity contribution in [2.45, 2.75) is 37.8 Å². The van der Waals surface area contributed by atoms with Crippen LogP contribution in [0.2, 0.25) is 5.02 Å². The van der Waals surface area contributed by atoms with Crippen LogP contribution in [0, 0.1) is 0 Å². The molecular formula is C17H24ClN3O. The van der Waals surface area contributed by atoms with Gasteiger partial charge in [0.25, 0.3) is 0 Å². The molecule has 1 aromatic rings. The van der Waals surface area contributed by atoms with Crippen molar-refractivity contribution in [3.8, 4) is 0 Å². The van der Waals surface area contributed by atoms with E-state index in [1.165, 1.54) is 5.56 Å². The van der Waals surface area contributed by atoms with Gasteiger partial charge < -0.3 is 10.6 Å². The monoisotopic (exact) mass is 321 g/mol. The van der Waals surface area contributed by atoms with Crippen LogP contribution < -0.4 is 5.73 Å². The first-order valence-corrected chi connectivity index (χ1v) is 8.50. The second-order valence-electron chi connectivity index (χ2n) is 6.56. The molecule has 4 nitrogen and oxygen atoms in total. The molecule has 1 heterocycles. The number of hydrogen-bond donors (Lipinski definition) is 1. The van der Waals surface area contributed by atoms with Gasteiger partial charge in [0.05, 0.1) is 5.54 Å². The van der Waals surface area contributed by atoms with Gasteiger partial charge >= 0.3 is 0 Å². The highest BCUT2D eigenvalue weighted by Gasteiger charge is 2.40. The van der Waals surface area contributed by atoms with Gasteiger partial charge in [-0.25, -0.2) is 0 Å². The number of carbonyl (C=O) groups excluding carboxylic acids is 1. The molecule has 1 aromatic carbocycles. The maximum atomic E-state index is 12.6. The van der Waals surface area contributed by atoms with E-state index in [2.05, 4.69) is 11.0 Å². The third kappa shape index (κ3) is 3.45. The second kappa shape index (κ2) is 6.57. The first kappa shape index (κ1) is 15.8. The molecule has 2 aliphatic rings. The number of hydrogen-bond acceptors (Lipinski definition) is 3. The van der Waals surface area contributed by atoms with E-state index in [0.29, 0.717) is 0 Å². The zero-order valence-electron chi connectivity index (χ0n) is 12.9. The zero-order chi connectivity index (χ0) is 15.6. The van der Waals surface area contributed by atoms with Crippen molar-refractivity contribution in [1.82, 2.24) is 9.80 Å². The van der Waals surface area contributed by atoms with Gasteiger partial charge in [-0.2, -0.15) is 0 Å². The Labute approximate surface area is 137 Å². The molecule has 0 radical (unpaired) electrons. The quantitative estimate of drug-likeness (QED) is 0.929. The van der Waals surface area contributed by atoms with Crippen molar-refractivity contribution >= 4 is 17.5 Å². The molecule has 2 N–H and O–H groups in total. The highest BCUT2D eigenvalue weighted by molar-refractivity contribution is 6.30. The highest BCUT2D eigenvalue weighted by atomic mass is 35.5. The average Bonchev–Trinajstić information content (AvgIpc) is 2.95. The van der Waals surface area contributed by atoms with Gasteiger partial charge in [-0.05, 0) is 30.5 Å². The van der Waals surface area contributed by atoms with Crippen LogP contribution in [0.4, 0.5) is 0 Å². The molecule has 1 saturated carbocycles. The van der Waals surface area contributed by atoms with Crippen LogP contribution in [0.1, 0.15) is 31.2 Å². The van der Waals surface area contributed by atoms with Gasteiger partial charge in [-0.1, -0.05) is 36.6 Å². The number of rotatable bonds is 3. The molecule has 2 fully saturated rings. The number of benzene rings is 1. The summed E-state index contributed by atoms with van der Waals surface area (Å²) < 4.78 is 0. The minimum Gasteiger partial charge on any atom is -0.339 e. The molecule has 22 heavy (non-hydrogen) atoms. The normalized spacial score (nSPS) is 22.0. The summed E-state index contributed by atoms with van der Waals surface area (Å²) in [4.78, 5) is 16.9. The summed E-state index contributed by atoms with van der Waals surface area (Å²) in [7, 11) is 0. The Hall–Kier alpha value is -1.10. The smallest absolute Gasteiger partial charge is 0.242 e. The van der Waals surface area contributed by atoms with Gasteiger partial charge in [0.2, 0.25) is 5.91 Å². The number of carbonyl (C=O) groups is 1. The van der Waals surface area contributed by atoms with Crippen molar-refractivity contribution < 1.29 is 4.79 Å². The van der Waals surface area contributed by atoms with E-state index in [9.17, 15) is 4.79 Å². The van der Waals surface area contributed by atoms with Gasteiger partial charge in [0.15, 0.2) is 0 Å². The Morgan fingerprint density at radius 3 is 2.50 bits per heavy atom. The first-order valence-electron chi connectivity index (χ1n) is 8.12. The van der Waals surface area contributed by atoms with Gasteiger partial charge in [0.1, 0.15) is 0 Å². The third-order valence-electron chi connectivity index (χ3n) is 4.88. The van der Waals surface area contributed by atoms with Crippen LogP contribution in [-0.4, -0.2) is 47.4 Å². The zero-order valence-corrected chi connectivity index (χ0v) is 13.7. The van der Waals surface area contributed by atoms with E-state index < -0.39 is 5.54 Å². The SMILES string of the molecule is NC1(C(=O)N2CCN(Cc3cccc(Cl)c3)CC2)CCCC1. The maximum absolute atomic E-state index is 12.6. The van der Waals surface area contributed by atoms with E-state index in [4.69, 9.17) is 17.3 Å². The number of nitrogens with zero attached hydrogens (tertiary/aromatic N) is 2. The molecule has 0 aromatic heterocycles. The lowest BCUT2D eigenvalue weighted by molar-refractivity contribution is -0.138. The molecular weight excluding hydrogens is 298 g/mol. The Morgan fingerprint density at radius 2 is 1.86 bits per heavy atom. The molecule has 120 valence electrons. The Morgan fingerprint density at radius 1 is 1.18 bits per heavy atom. The van der Waals surface area contributed by atoms with E-state index in [0.717, 1.165) is 63.4 Å². The predicted molar refractivity (Wildman–Crippen MR) is 88.7 cm³/mol. The van der Waals surface area contributed by atoms with Crippen LogP contribution in [0.3, 0.4) is 0 Å². The van der Waals surface area contributed by atoms with Crippen molar-refractivity contribution in [1.29, 1.82) is 0 Å². The lowest BCUT2D eigenvalue weighted by Gasteiger charge is -2.38. The van der Waals surface area contributed by atoms with Crippen LogP contribution in [0.5, 0.6) is 0 Å². The number of piperazine rings is 1. The van der Waals surface area contributed by atoms with Crippen molar-refractivity contribution in [2.75, 3.05) is 26.2 Å². The second-order valence-corrected chi connectivity index (χ2v) is 7.00. The summed E-state index contributed by atoms with van der Waals surface area (Å²) in [5, 5.41) is 0.776. The Balaban J connectivity index is 1.53. The van der Waals surface area contributed by atoms with Crippen molar-refractivity contribution in [3.05, 3.63) is 34.9 Å². The van der Waals surface area contributed by atoms with Gasteiger partial charge in [-0.15, -0.1) is 0 Å². The van der Waals surface area contributed by atoms with Crippen LogP contribution >= 0.6 is 11.6 Å². The van der Waals surface area contributed by atoms with Crippen LogP contribution in [-0.2, 0) is 11.3 Å². The first-order chi connectivity index (χ1) is 10.6. The molecule has 1 aliphatic carbocycles. The van der Waals surface area contributed by atoms with E-state index in [1.807, 2.05) is 23.1 Å². The molecule has 0 bridgehead atoms. The average molecular weight is 322 g/mol. The van der Waals surface area contributed by atoms with Crippen molar-refractivity contribution in [2.24, 2.45) is 5.73 Å². The lowest BCUT2D eigenvalue weighted by atomic mass is 9.97. The van der Waals surface area contributed by atoms with E-state index in [1.54, 1.807) is 0 Å². The van der Waals surface area contributed by atoms with Gasteiger partial charge in [-0.3, -0.25) is 9.69 Å². The molecule has 0 atom stereocenters. The van der Waals surface area contributed by atoms with Crippen molar-refractivity contribution in [3.63, 3.8) is 0 Å². The molecule has 0 unspecified atom stereocenters. The highest BCUT2D eigenvalue weighted by Crippen LogP contribution is 2.29. The summed E-state index contributed by atoms with van der Waals surface area (Å²) in [5.41, 5.74) is 6.92. The summed E-state index contributed by atoms with van der Waals surface area (Å²) in [5.74, 6) is 0.160. The predicted octanol–water partition coefficient (Wildman–Crippen LogP) is 2.26. The summed E-state index contributed by atoms with van der Waals surface area (Å²) in [6.07, 6.45) is 3.84. The summed E-state index contributed by atoms with van der Waals surface area (Å²) in [6.45, 7) is 4.23. The summed E-state index contributed by atoms with van der Waals surface area (Å²) in [6, 6.07) is 7.98.